The first-order valence-corrected chi connectivity index (χ1v) is 7.58. The van der Waals surface area contributed by atoms with E-state index in [1.54, 1.807) is 0 Å². The minimum absolute atomic E-state index is 0.236. The number of aryl methyl sites for hydroxylation is 1. The molecule has 0 aliphatic carbocycles. The lowest BCUT2D eigenvalue weighted by molar-refractivity contribution is 0.165. The van der Waals surface area contributed by atoms with E-state index in [1.807, 2.05) is 18.0 Å². The van der Waals surface area contributed by atoms with E-state index in [2.05, 4.69) is 24.0 Å². The van der Waals surface area contributed by atoms with Crippen LogP contribution in [-0.4, -0.2) is 27.2 Å². The molecule has 94 valence electrons. The first-order chi connectivity index (χ1) is 8.29. The standard InChI is InChI=1S/C14H21NOS/c1-2-11-6-7-12(15-10-11)9-13(16)14-5-3-4-8-17-14/h6-7,10,13-14,16H,2-5,8-9H2,1H3. The molecule has 1 aromatic rings. The van der Waals surface area contributed by atoms with Crippen LogP contribution in [0.2, 0.25) is 0 Å². The van der Waals surface area contributed by atoms with Gasteiger partial charge < -0.3 is 5.11 Å². The summed E-state index contributed by atoms with van der Waals surface area (Å²) in [7, 11) is 0. The van der Waals surface area contributed by atoms with Gasteiger partial charge in [-0.2, -0.15) is 11.8 Å². The number of aliphatic hydroxyl groups is 1. The van der Waals surface area contributed by atoms with Gasteiger partial charge in [-0.15, -0.1) is 0 Å². The molecule has 0 radical (unpaired) electrons. The zero-order chi connectivity index (χ0) is 12.1. The van der Waals surface area contributed by atoms with E-state index < -0.39 is 0 Å². The number of hydrogen-bond acceptors (Lipinski definition) is 3. The first kappa shape index (κ1) is 12.9. The maximum Gasteiger partial charge on any atom is 0.0714 e. The summed E-state index contributed by atoms with van der Waals surface area (Å²) in [5.74, 6) is 1.20. The fraction of sp³-hybridized carbons (Fsp3) is 0.643. The van der Waals surface area contributed by atoms with Crippen LogP contribution in [0.15, 0.2) is 18.3 Å². The van der Waals surface area contributed by atoms with Gasteiger partial charge in [0.2, 0.25) is 0 Å². The average Bonchev–Trinajstić information content (AvgIpc) is 2.40. The monoisotopic (exact) mass is 251 g/mol. The zero-order valence-electron chi connectivity index (χ0n) is 10.4. The molecule has 1 saturated heterocycles. The second-order valence-electron chi connectivity index (χ2n) is 4.69. The lowest BCUT2D eigenvalue weighted by atomic mass is 10.0. The molecule has 2 nitrogen and oxygen atoms in total. The molecule has 2 rings (SSSR count). The molecule has 2 unspecified atom stereocenters. The zero-order valence-corrected chi connectivity index (χ0v) is 11.2. The van der Waals surface area contributed by atoms with Gasteiger partial charge in [0, 0.05) is 23.6 Å². The number of pyridine rings is 1. The van der Waals surface area contributed by atoms with Gasteiger partial charge in [0.1, 0.15) is 0 Å². The van der Waals surface area contributed by atoms with Gasteiger partial charge in [-0.05, 0) is 36.6 Å². The Hall–Kier alpha value is -0.540. The lowest BCUT2D eigenvalue weighted by Gasteiger charge is -2.25. The van der Waals surface area contributed by atoms with Gasteiger partial charge in [-0.3, -0.25) is 4.98 Å². The molecule has 0 bridgehead atoms. The van der Waals surface area contributed by atoms with E-state index in [0.29, 0.717) is 11.7 Å². The van der Waals surface area contributed by atoms with Crippen LogP contribution in [0.3, 0.4) is 0 Å². The minimum atomic E-state index is -0.236. The molecular weight excluding hydrogens is 230 g/mol. The Morgan fingerprint density at radius 3 is 2.94 bits per heavy atom. The Labute approximate surface area is 108 Å². The van der Waals surface area contributed by atoms with Crippen molar-refractivity contribution in [2.24, 2.45) is 0 Å². The molecule has 1 N–H and O–H groups in total. The van der Waals surface area contributed by atoms with Crippen LogP contribution in [0.4, 0.5) is 0 Å². The molecule has 17 heavy (non-hydrogen) atoms. The summed E-state index contributed by atoms with van der Waals surface area (Å²) in [5, 5.41) is 10.6. The van der Waals surface area contributed by atoms with Crippen molar-refractivity contribution in [3.63, 3.8) is 0 Å². The molecule has 1 fully saturated rings. The molecule has 0 saturated carbocycles. The third-order valence-electron chi connectivity index (χ3n) is 3.36. The highest BCUT2D eigenvalue weighted by molar-refractivity contribution is 8.00. The van der Waals surface area contributed by atoms with E-state index in [4.69, 9.17) is 0 Å². The maximum atomic E-state index is 10.2. The normalized spacial score (nSPS) is 22.4. The highest BCUT2D eigenvalue weighted by Gasteiger charge is 2.22. The number of nitrogens with zero attached hydrogens (tertiary/aromatic N) is 1. The SMILES string of the molecule is CCc1ccc(CC(O)C2CCCCS2)nc1. The molecule has 0 aromatic carbocycles. The predicted octanol–water partition coefficient (Wildman–Crippen LogP) is 2.83. The Morgan fingerprint density at radius 2 is 2.35 bits per heavy atom. The second-order valence-corrected chi connectivity index (χ2v) is 6.03. The van der Waals surface area contributed by atoms with Crippen molar-refractivity contribution < 1.29 is 5.11 Å². The fourth-order valence-electron chi connectivity index (χ4n) is 2.20. The third kappa shape index (κ3) is 3.71. The van der Waals surface area contributed by atoms with Crippen molar-refractivity contribution in [3.8, 4) is 0 Å². The topological polar surface area (TPSA) is 33.1 Å². The molecule has 2 heterocycles. The summed E-state index contributed by atoms with van der Waals surface area (Å²) in [4.78, 5) is 4.42. The maximum absolute atomic E-state index is 10.2. The number of aromatic nitrogens is 1. The average molecular weight is 251 g/mol. The second kappa shape index (κ2) is 6.41. The summed E-state index contributed by atoms with van der Waals surface area (Å²) >= 11 is 1.92. The van der Waals surface area contributed by atoms with Crippen LogP contribution in [-0.2, 0) is 12.8 Å². The number of aliphatic hydroxyl groups excluding tert-OH is 1. The van der Waals surface area contributed by atoms with Crippen LogP contribution in [0, 0.1) is 0 Å². The van der Waals surface area contributed by atoms with Crippen LogP contribution in [0.1, 0.15) is 37.4 Å². The van der Waals surface area contributed by atoms with Gasteiger partial charge in [-0.1, -0.05) is 19.4 Å². The highest BCUT2D eigenvalue weighted by Crippen LogP contribution is 2.28. The van der Waals surface area contributed by atoms with Gasteiger partial charge in [0.05, 0.1) is 6.10 Å². The molecular formula is C14H21NOS. The van der Waals surface area contributed by atoms with Crippen LogP contribution in [0.5, 0.6) is 0 Å². The Morgan fingerprint density at radius 1 is 1.47 bits per heavy atom. The van der Waals surface area contributed by atoms with Gasteiger partial charge >= 0.3 is 0 Å². The van der Waals surface area contributed by atoms with E-state index in [9.17, 15) is 5.11 Å². The fourth-order valence-corrected chi connectivity index (χ4v) is 3.53. The molecule has 0 amide bonds. The largest absolute Gasteiger partial charge is 0.392 e. The molecule has 1 aromatic heterocycles. The summed E-state index contributed by atoms with van der Waals surface area (Å²) in [6, 6.07) is 4.17. The molecule has 1 aliphatic rings. The predicted molar refractivity (Wildman–Crippen MR) is 73.4 cm³/mol. The first-order valence-electron chi connectivity index (χ1n) is 6.53. The van der Waals surface area contributed by atoms with Crippen molar-refractivity contribution in [2.45, 2.75) is 50.4 Å². The number of rotatable bonds is 4. The van der Waals surface area contributed by atoms with Crippen LogP contribution >= 0.6 is 11.8 Å². The molecule has 1 aliphatic heterocycles. The van der Waals surface area contributed by atoms with Gasteiger partial charge in [-0.25, -0.2) is 0 Å². The van der Waals surface area contributed by atoms with Crippen molar-refractivity contribution >= 4 is 11.8 Å². The van der Waals surface area contributed by atoms with E-state index >= 15 is 0 Å². The molecule has 3 heteroatoms. The van der Waals surface area contributed by atoms with Crippen molar-refractivity contribution in [1.82, 2.24) is 4.98 Å². The van der Waals surface area contributed by atoms with E-state index in [0.717, 1.165) is 18.5 Å². The number of thioether (sulfide) groups is 1. The highest BCUT2D eigenvalue weighted by atomic mass is 32.2. The van der Waals surface area contributed by atoms with Crippen LogP contribution < -0.4 is 0 Å². The Bertz CT molecular complexity index is 333. The van der Waals surface area contributed by atoms with Gasteiger partial charge in [0.25, 0.3) is 0 Å². The lowest BCUT2D eigenvalue weighted by Crippen LogP contribution is -2.28. The van der Waals surface area contributed by atoms with E-state index in [-0.39, 0.29) is 6.10 Å². The van der Waals surface area contributed by atoms with Crippen molar-refractivity contribution in [2.75, 3.05) is 5.75 Å². The smallest absolute Gasteiger partial charge is 0.0714 e. The van der Waals surface area contributed by atoms with Gasteiger partial charge in [0.15, 0.2) is 0 Å². The number of hydrogen-bond donors (Lipinski definition) is 1. The van der Waals surface area contributed by atoms with Crippen molar-refractivity contribution in [3.05, 3.63) is 29.6 Å². The van der Waals surface area contributed by atoms with Crippen LogP contribution in [0.25, 0.3) is 0 Å². The summed E-state index contributed by atoms with van der Waals surface area (Å²) < 4.78 is 0. The summed E-state index contributed by atoms with van der Waals surface area (Å²) in [6.45, 7) is 2.13. The minimum Gasteiger partial charge on any atom is -0.392 e. The van der Waals surface area contributed by atoms with E-state index in [1.165, 1.54) is 24.2 Å². The summed E-state index contributed by atoms with van der Waals surface area (Å²) in [5.41, 5.74) is 2.27. The molecule has 0 spiro atoms. The Kier molecular flexibility index (Phi) is 4.86. The summed E-state index contributed by atoms with van der Waals surface area (Å²) in [6.07, 6.45) is 7.12. The van der Waals surface area contributed by atoms with Crippen molar-refractivity contribution in [1.29, 1.82) is 0 Å². The quantitative estimate of drug-likeness (QED) is 0.893. The molecule has 2 atom stereocenters. The Balaban J connectivity index is 1.89. The third-order valence-corrected chi connectivity index (χ3v) is 4.86.